The van der Waals surface area contributed by atoms with Crippen LogP contribution < -0.4 is 5.32 Å². The molecule has 0 radical (unpaired) electrons. The van der Waals surface area contributed by atoms with Gasteiger partial charge in [-0.2, -0.15) is 9.61 Å². The number of carbonyl (C=O) groups is 1. The molecule has 3 aromatic heterocycles. The number of amides is 1. The molecule has 5 rings (SSSR count). The molecule has 1 amide bonds. The van der Waals surface area contributed by atoms with Crippen molar-refractivity contribution < 1.29 is 4.79 Å². The molecule has 0 unspecified atom stereocenters. The number of rotatable bonds is 4. The van der Waals surface area contributed by atoms with E-state index in [1.165, 1.54) is 0 Å². The SMILES string of the molecule is O=C(c1ccccn1)N1CCC(Nc2cc(-c3ccccc3Cl)nc3c(Br)cnn23)CC1. The van der Waals surface area contributed by atoms with Gasteiger partial charge in [-0.1, -0.05) is 35.9 Å². The minimum atomic E-state index is -0.0210. The van der Waals surface area contributed by atoms with Crippen molar-refractivity contribution in [3.63, 3.8) is 0 Å². The minimum Gasteiger partial charge on any atom is -0.367 e. The highest BCUT2D eigenvalue weighted by molar-refractivity contribution is 9.10. The Balaban J connectivity index is 1.37. The fourth-order valence-corrected chi connectivity index (χ4v) is 4.51. The molecule has 162 valence electrons. The molecule has 0 atom stereocenters. The molecule has 0 aliphatic carbocycles. The maximum atomic E-state index is 12.7. The summed E-state index contributed by atoms with van der Waals surface area (Å²) in [5.74, 6) is 0.817. The number of piperidine rings is 1. The lowest BCUT2D eigenvalue weighted by Gasteiger charge is -2.32. The molecule has 32 heavy (non-hydrogen) atoms. The van der Waals surface area contributed by atoms with Gasteiger partial charge in [0.1, 0.15) is 11.5 Å². The van der Waals surface area contributed by atoms with Crippen LogP contribution in [0, 0.1) is 0 Å². The number of nitrogens with one attached hydrogen (secondary N) is 1. The van der Waals surface area contributed by atoms with Crippen LogP contribution in [0.1, 0.15) is 23.3 Å². The maximum absolute atomic E-state index is 12.7. The van der Waals surface area contributed by atoms with Gasteiger partial charge in [0, 0.05) is 42.0 Å². The van der Waals surface area contributed by atoms with E-state index in [-0.39, 0.29) is 11.9 Å². The van der Waals surface area contributed by atoms with Crippen LogP contribution in [-0.2, 0) is 0 Å². The lowest BCUT2D eigenvalue weighted by Crippen LogP contribution is -2.42. The smallest absolute Gasteiger partial charge is 0.272 e. The van der Waals surface area contributed by atoms with Crippen molar-refractivity contribution >= 4 is 44.9 Å². The molecule has 1 aromatic carbocycles. The number of hydrogen-bond acceptors (Lipinski definition) is 5. The third-order valence-electron chi connectivity index (χ3n) is 5.60. The third-order valence-corrected chi connectivity index (χ3v) is 6.49. The van der Waals surface area contributed by atoms with Crippen LogP contribution in [0.25, 0.3) is 16.9 Å². The van der Waals surface area contributed by atoms with Gasteiger partial charge >= 0.3 is 0 Å². The Morgan fingerprint density at radius 1 is 1.12 bits per heavy atom. The zero-order chi connectivity index (χ0) is 22.1. The van der Waals surface area contributed by atoms with Gasteiger partial charge in [0.15, 0.2) is 5.65 Å². The standard InChI is InChI=1S/C23H20BrClN6O/c24-17-14-27-31-21(13-20(29-22(17)31)16-5-1-2-6-18(16)25)28-15-8-11-30(12-9-15)23(32)19-7-3-4-10-26-19/h1-7,10,13-15,28H,8-9,11-12H2. The van der Waals surface area contributed by atoms with Crippen LogP contribution in [0.5, 0.6) is 0 Å². The molecule has 1 aliphatic heterocycles. The number of carbonyl (C=O) groups excluding carboxylic acids is 1. The van der Waals surface area contributed by atoms with E-state index in [0.29, 0.717) is 29.5 Å². The maximum Gasteiger partial charge on any atom is 0.272 e. The quantitative estimate of drug-likeness (QED) is 0.421. The molecular formula is C23H20BrClN6O. The van der Waals surface area contributed by atoms with E-state index in [0.717, 1.165) is 34.4 Å². The predicted octanol–water partition coefficient (Wildman–Crippen LogP) is 4.92. The van der Waals surface area contributed by atoms with Crippen molar-refractivity contribution in [1.29, 1.82) is 0 Å². The van der Waals surface area contributed by atoms with Gasteiger partial charge in [-0.25, -0.2) is 4.98 Å². The fraction of sp³-hybridized carbons (Fsp3) is 0.217. The normalized spacial score (nSPS) is 14.6. The summed E-state index contributed by atoms with van der Waals surface area (Å²) in [4.78, 5) is 23.5. The summed E-state index contributed by atoms with van der Waals surface area (Å²) in [5.41, 5.74) is 2.84. The second-order valence-electron chi connectivity index (χ2n) is 7.66. The first kappa shape index (κ1) is 20.9. The molecule has 7 nitrogen and oxygen atoms in total. The van der Waals surface area contributed by atoms with Crippen LogP contribution in [0.2, 0.25) is 5.02 Å². The van der Waals surface area contributed by atoms with Gasteiger partial charge in [0.2, 0.25) is 0 Å². The van der Waals surface area contributed by atoms with Gasteiger partial charge in [0.25, 0.3) is 5.91 Å². The van der Waals surface area contributed by atoms with Gasteiger partial charge in [-0.3, -0.25) is 9.78 Å². The first-order valence-electron chi connectivity index (χ1n) is 10.4. The Morgan fingerprint density at radius 3 is 2.66 bits per heavy atom. The van der Waals surface area contributed by atoms with Crippen LogP contribution in [0.4, 0.5) is 5.82 Å². The van der Waals surface area contributed by atoms with Crippen LogP contribution in [0.15, 0.2) is 65.4 Å². The van der Waals surface area contributed by atoms with Gasteiger partial charge in [0.05, 0.1) is 16.4 Å². The van der Waals surface area contributed by atoms with Crippen molar-refractivity contribution in [2.45, 2.75) is 18.9 Å². The number of likely N-dealkylation sites (tertiary alicyclic amines) is 1. The number of aromatic nitrogens is 4. The highest BCUT2D eigenvalue weighted by atomic mass is 79.9. The number of pyridine rings is 1. The number of nitrogens with zero attached hydrogens (tertiary/aromatic N) is 5. The first-order chi connectivity index (χ1) is 15.6. The summed E-state index contributed by atoms with van der Waals surface area (Å²) in [5, 5.41) is 8.72. The second-order valence-corrected chi connectivity index (χ2v) is 8.92. The zero-order valence-corrected chi connectivity index (χ0v) is 19.4. The summed E-state index contributed by atoms with van der Waals surface area (Å²) in [7, 11) is 0. The Hall–Kier alpha value is -2.97. The molecule has 1 saturated heterocycles. The number of hydrogen-bond donors (Lipinski definition) is 1. The average molecular weight is 512 g/mol. The number of fused-ring (bicyclic) bond motifs is 1. The van der Waals surface area contributed by atoms with E-state index in [1.54, 1.807) is 23.0 Å². The van der Waals surface area contributed by atoms with Gasteiger partial charge in [-0.15, -0.1) is 0 Å². The van der Waals surface area contributed by atoms with Crippen molar-refractivity contribution in [3.8, 4) is 11.3 Å². The first-order valence-corrected chi connectivity index (χ1v) is 11.5. The Morgan fingerprint density at radius 2 is 1.91 bits per heavy atom. The molecule has 1 N–H and O–H groups in total. The monoisotopic (exact) mass is 510 g/mol. The highest BCUT2D eigenvalue weighted by Crippen LogP contribution is 2.31. The van der Waals surface area contributed by atoms with Crippen molar-refractivity contribution in [3.05, 3.63) is 76.1 Å². The van der Waals surface area contributed by atoms with Gasteiger partial charge in [-0.05, 0) is 47.0 Å². The van der Waals surface area contributed by atoms with E-state index < -0.39 is 0 Å². The summed E-state index contributed by atoms with van der Waals surface area (Å²) < 4.78 is 2.60. The fourth-order valence-electron chi connectivity index (χ4n) is 3.93. The molecular weight excluding hydrogens is 492 g/mol. The zero-order valence-electron chi connectivity index (χ0n) is 17.1. The summed E-state index contributed by atoms with van der Waals surface area (Å²) >= 11 is 9.97. The molecule has 4 aromatic rings. The molecule has 4 heterocycles. The summed E-state index contributed by atoms with van der Waals surface area (Å²) in [6.45, 7) is 1.34. The highest BCUT2D eigenvalue weighted by Gasteiger charge is 2.25. The largest absolute Gasteiger partial charge is 0.367 e. The molecule has 1 fully saturated rings. The van der Waals surface area contributed by atoms with E-state index in [4.69, 9.17) is 16.6 Å². The van der Waals surface area contributed by atoms with Crippen LogP contribution in [0.3, 0.4) is 0 Å². The number of anilines is 1. The van der Waals surface area contributed by atoms with Crippen molar-refractivity contribution in [1.82, 2.24) is 24.5 Å². The molecule has 0 saturated carbocycles. The Kier molecular flexibility index (Phi) is 5.80. The lowest BCUT2D eigenvalue weighted by molar-refractivity contribution is 0.0712. The van der Waals surface area contributed by atoms with Crippen molar-refractivity contribution in [2.75, 3.05) is 18.4 Å². The van der Waals surface area contributed by atoms with E-state index in [2.05, 4.69) is 31.3 Å². The van der Waals surface area contributed by atoms with Crippen LogP contribution in [-0.4, -0.2) is 49.5 Å². The molecule has 9 heteroatoms. The minimum absolute atomic E-state index is 0.0210. The molecule has 0 spiro atoms. The van der Waals surface area contributed by atoms with Crippen LogP contribution >= 0.6 is 27.5 Å². The lowest BCUT2D eigenvalue weighted by atomic mass is 10.0. The second kappa shape index (κ2) is 8.88. The molecule has 0 bridgehead atoms. The Labute approximate surface area is 198 Å². The number of halogens is 2. The van der Waals surface area contributed by atoms with E-state index >= 15 is 0 Å². The van der Waals surface area contributed by atoms with Crippen molar-refractivity contribution in [2.24, 2.45) is 0 Å². The number of benzene rings is 1. The topological polar surface area (TPSA) is 75.4 Å². The van der Waals surface area contributed by atoms with Gasteiger partial charge < -0.3 is 10.2 Å². The van der Waals surface area contributed by atoms with E-state index in [9.17, 15) is 4.79 Å². The predicted molar refractivity (Wildman–Crippen MR) is 128 cm³/mol. The summed E-state index contributed by atoms with van der Waals surface area (Å²) in [6, 6.07) is 15.2. The molecule has 1 aliphatic rings. The van der Waals surface area contributed by atoms with E-state index in [1.807, 2.05) is 47.4 Å². The Bertz CT molecular complexity index is 1270. The average Bonchev–Trinajstić information content (AvgIpc) is 3.21. The summed E-state index contributed by atoms with van der Waals surface area (Å²) in [6.07, 6.45) is 5.03. The third kappa shape index (κ3) is 4.08.